The van der Waals surface area contributed by atoms with Crippen molar-refractivity contribution < 1.29 is 14.6 Å². The van der Waals surface area contributed by atoms with Crippen LogP contribution in [0.15, 0.2) is 30.3 Å². The van der Waals surface area contributed by atoms with E-state index < -0.39 is 5.97 Å². The van der Waals surface area contributed by atoms with Gasteiger partial charge in [0.05, 0.1) is 0 Å². The van der Waals surface area contributed by atoms with Crippen molar-refractivity contribution >= 4 is 16.9 Å². The molecule has 1 fully saturated rings. The number of ether oxygens (including phenoxy) is 1. The molecule has 0 atom stereocenters. The fourth-order valence-electron chi connectivity index (χ4n) is 2.77. The Morgan fingerprint density at radius 3 is 2.79 bits per heavy atom. The number of fused-ring (bicyclic) bond motifs is 1. The predicted molar refractivity (Wildman–Crippen MR) is 72.4 cm³/mol. The lowest BCUT2D eigenvalue weighted by Gasteiger charge is -2.23. The third-order valence-corrected chi connectivity index (χ3v) is 3.81. The van der Waals surface area contributed by atoms with Crippen molar-refractivity contribution in [2.45, 2.75) is 19.4 Å². The monoisotopic (exact) mass is 259 g/mol. The van der Waals surface area contributed by atoms with E-state index >= 15 is 0 Å². The zero-order valence-electron chi connectivity index (χ0n) is 10.7. The van der Waals surface area contributed by atoms with E-state index in [0.29, 0.717) is 11.6 Å². The summed E-state index contributed by atoms with van der Waals surface area (Å²) >= 11 is 0. The lowest BCUT2D eigenvalue weighted by Crippen LogP contribution is -2.22. The smallest absolute Gasteiger partial charge is 0.352 e. The highest BCUT2D eigenvalue weighted by atomic mass is 16.5. The van der Waals surface area contributed by atoms with E-state index in [1.807, 2.05) is 28.8 Å². The number of carboxylic acid groups (broad SMARTS) is 1. The average molecular weight is 259 g/mol. The molecule has 1 aliphatic rings. The lowest BCUT2D eigenvalue weighted by molar-refractivity contribution is 0.0597. The van der Waals surface area contributed by atoms with Crippen LogP contribution < -0.4 is 0 Å². The summed E-state index contributed by atoms with van der Waals surface area (Å²) in [6.07, 6.45) is 2.01. The van der Waals surface area contributed by atoms with Crippen LogP contribution in [0.4, 0.5) is 0 Å². The van der Waals surface area contributed by atoms with Crippen LogP contribution in [-0.2, 0) is 11.3 Å². The predicted octanol–water partition coefficient (Wildman–Crippen LogP) is 2.77. The molecular formula is C15H17NO3. The molecule has 0 spiro atoms. The number of para-hydroxylation sites is 1. The standard InChI is InChI=1S/C15H17NO3/c17-15(18)14-9-12-3-1-2-4-13(12)16(14)10-11-5-7-19-8-6-11/h1-4,9,11H,5-8,10H2,(H,17,18). The van der Waals surface area contributed by atoms with Gasteiger partial charge in [0.25, 0.3) is 0 Å². The second-order valence-corrected chi connectivity index (χ2v) is 5.06. The summed E-state index contributed by atoms with van der Waals surface area (Å²) in [6, 6.07) is 9.60. The maximum absolute atomic E-state index is 11.4. The zero-order valence-corrected chi connectivity index (χ0v) is 10.7. The number of rotatable bonds is 3. The van der Waals surface area contributed by atoms with Crippen LogP contribution in [0.25, 0.3) is 10.9 Å². The first kappa shape index (κ1) is 12.2. The van der Waals surface area contributed by atoms with Gasteiger partial charge in [-0.25, -0.2) is 4.79 Å². The summed E-state index contributed by atoms with van der Waals surface area (Å²) in [4.78, 5) is 11.4. The highest BCUT2D eigenvalue weighted by Gasteiger charge is 2.19. The normalized spacial score (nSPS) is 16.8. The topological polar surface area (TPSA) is 51.5 Å². The van der Waals surface area contributed by atoms with Crippen molar-refractivity contribution in [2.75, 3.05) is 13.2 Å². The van der Waals surface area contributed by atoms with Gasteiger partial charge < -0.3 is 14.4 Å². The molecule has 0 aliphatic carbocycles. The van der Waals surface area contributed by atoms with E-state index in [4.69, 9.17) is 4.74 Å². The quantitative estimate of drug-likeness (QED) is 0.922. The zero-order chi connectivity index (χ0) is 13.2. The summed E-state index contributed by atoms with van der Waals surface area (Å²) in [5.41, 5.74) is 1.39. The third kappa shape index (κ3) is 2.36. The Morgan fingerprint density at radius 1 is 1.32 bits per heavy atom. The fraction of sp³-hybridized carbons (Fsp3) is 0.400. The first-order valence-electron chi connectivity index (χ1n) is 6.65. The largest absolute Gasteiger partial charge is 0.477 e. The van der Waals surface area contributed by atoms with E-state index in [9.17, 15) is 9.90 Å². The molecule has 0 unspecified atom stereocenters. The minimum Gasteiger partial charge on any atom is -0.477 e. The Hall–Kier alpha value is -1.81. The molecule has 0 amide bonds. The number of aromatic nitrogens is 1. The second kappa shape index (κ2) is 5.05. The van der Waals surface area contributed by atoms with Crippen molar-refractivity contribution in [3.8, 4) is 0 Å². The van der Waals surface area contributed by atoms with Gasteiger partial charge in [-0.3, -0.25) is 0 Å². The number of carbonyl (C=O) groups is 1. The van der Waals surface area contributed by atoms with Crippen molar-refractivity contribution in [2.24, 2.45) is 5.92 Å². The molecule has 0 saturated carbocycles. The molecule has 1 aromatic heterocycles. The minimum absolute atomic E-state index is 0.382. The Morgan fingerprint density at radius 2 is 2.05 bits per heavy atom. The number of hydrogen-bond acceptors (Lipinski definition) is 2. The molecule has 2 heterocycles. The summed E-state index contributed by atoms with van der Waals surface area (Å²) in [5, 5.41) is 10.3. The molecule has 0 radical (unpaired) electrons. The van der Waals surface area contributed by atoms with Gasteiger partial charge in [-0.05, 0) is 30.9 Å². The van der Waals surface area contributed by atoms with E-state index in [-0.39, 0.29) is 0 Å². The molecule has 3 rings (SSSR count). The van der Waals surface area contributed by atoms with Crippen LogP contribution in [-0.4, -0.2) is 28.9 Å². The first-order valence-corrected chi connectivity index (χ1v) is 6.65. The van der Waals surface area contributed by atoms with Gasteiger partial charge >= 0.3 is 5.97 Å². The van der Waals surface area contributed by atoms with E-state index in [0.717, 1.165) is 43.5 Å². The van der Waals surface area contributed by atoms with Gasteiger partial charge in [0, 0.05) is 30.7 Å². The molecule has 1 saturated heterocycles. The number of benzene rings is 1. The molecular weight excluding hydrogens is 242 g/mol. The number of aromatic carboxylic acids is 1. The van der Waals surface area contributed by atoms with Crippen LogP contribution in [0.2, 0.25) is 0 Å². The second-order valence-electron chi connectivity index (χ2n) is 5.06. The van der Waals surface area contributed by atoms with Crippen LogP contribution >= 0.6 is 0 Å². The van der Waals surface area contributed by atoms with Crippen LogP contribution in [0.3, 0.4) is 0 Å². The van der Waals surface area contributed by atoms with Gasteiger partial charge in [0.1, 0.15) is 5.69 Å². The van der Waals surface area contributed by atoms with Gasteiger partial charge in [-0.15, -0.1) is 0 Å². The Balaban J connectivity index is 1.99. The van der Waals surface area contributed by atoms with E-state index in [1.54, 1.807) is 6.07 Å². The highest BCUT2D eigenvalue weighted by molar-refractivity contribution is 5.94. The number of carboxylic acids is 1. The maximum Gasteiger partial charge on any atom is 0.352 e. The van der Waals surface area contributed by atoms with Crippen LogP contribution in [0.1, 0.15) is 23.3 Å². The molecule has 1 aliphatic heterocycles. The van der Waals surface area contributed by atoms with Crippen molar-refractivity contribution in [1.82, 2.24) is 4.57 Å². The van der Waals surface area contributed by atoms with Gasteiger partial charge in [-0.2, -0.15) is 0 Å². The van der Waals surface area contributed by atoms with Crippen LogP contribution in [0.5, 0.6) is 0 Å². The SMILES string of the molecule is O=C(O)c1cc2ccccc2n1CC1CCOCC1. The van der Waals surface area contributed by atoms with E-state index in [1.165, 1.54) is 0 Å². The maximum atomic E-state index is 11.4. The Kier molecular flexibility index (Phi) is 3.25. The summed E-state index contributed by atoms with van der Waals surface area (Å²) in [7, 11) is 0. The molecule has 2 aromatic rings. The van der Waals surface area contributed by atoms with Gasteiger partial charge in [0.2, 0.25) is 0 Å². The van der Waals surface area contributed by atoms with E-state index in [2.05, 4.69) is 0 Å². The van der Waals surface area contributed by atoms with Gasteiger partial charge in [0.15, 0.2) is 0 Å². The highest BCUT2D eigenvalue weighted by Crippen LogP contribution is 2.24. The molecule has 1 N–H and O–H groups in total. The van der Waals surface area contributed by atoms with Gasteiger partial charge in [-0.1, -0.05) is 18.2 Å². The fourth-order valence-corrected chi connectivity index (χ4v) is 2.77. The summed E-state index contributed by atoms with van der Waals surface area (Å²) in [6.45, 7) is 2.33. The van der Waals surface area contributed by atoms with Crippen molar-refractivity contribution in [3.63, 3.8) is 0 Å². The number of nitrogens with zero attached hydrogens (tertiary/aromatic N) is 1. The molecule has 0 bridgehead atoms. The lowest BCUT2D eigenvalue weighted by atomic mass is 10.0. The first-order chi connectivity index (χ1) is 9.25. The van der Waals surface area contributed by atoms with Crippen molar-refractivity contribution in [3.05, 3.63) is 36.0 Å². The number of hydrogen-bond donors (Lipinski definition) is 1. The third-order valence-electron chi connectivity index (χ3n) is 3.81. The molecule has 4 heteroatoms. The average Bonchev–Trinajstić information content (AvgIpc) is 2.79. The Bertz CT molecular complexity index is 596. The van der Waals surface area contributed by atoms with Crippen molar-refractivity contribution in [1.29, 1.82) is 0 Å². The molecule has 1 aromatic carbocycles. The molecule has 19 heavy (non-hydrogen) atoms. The molecule has 4 nitrogen and oxygen atoms in total. The van der Waals surface area contributed by atoms with Crippen LogP contribution in [0, 0.1) is 5.92 Å². The minimum atomic E-state index is -0.858. The Labute approximate surface area is 111 Å². The summed E-state index contributed by atoms with van der Waals surface area (Å²) < 4.78 is 7.30. The summed E-state index contributed by atoms with van der Waals surface area (Å²) in [5.74, 6) is -0.356. The molecule has 100 valence electrons.